The molecule has 2 atom stereocenters. The van der Waals surface area contributed by atoms with Gasteiger partial charge in [-0.15, -0.1) is 0 Å². The number of rotatable bonds is 6. The van der Waals surface area contributed by atoms with E-state index in [1.165, 1.54) is 5.56 Å². The second-order valence-corrected chi connectivity index (χ2v) is 22.0. The average Bonchev–Trinajstić information content (AvgIpc) is 3.48. The molecule has 4 heterocycles. The highest BCUT2D eigenvalue weighted by Gasteiger charge is 2.38. The third kappa shape index (κ3) is 12.0. The average molecular weight is 960 g/mol. The first kappa shape index (κ1) is 49.1. The minimum atomic E-state index is -3.62. The second-order valence-electron chi connectivity index (χ2n) is 19.4. The van der Waals surface area contributed by atoms with Crippen molar-refractivity contribution in [3.63, 3.8) is 0 Å². The molecule has 0 saturated carbocycles. The molecular weight excluding hydrogens is 900 g/mol. The van der Waals surface area contributed by atoms with Crippen LogP contribution in [-0.2, 0) is 23.8 Å². The minimum Gasteiger partial charge on any atom is -0.444 e. The number of fused-ring (bicyclic) bond motifs is 4. The van der Waals surface area contributed by atoms with Crippen molar-refractivity contribution in [1.29, 1.82) is 0 Å². The van der Waals surface area contributed by atoms with Gasteiger partial charge in [-0.05, 0) is 161 Å². The van der Waals surface area contributed by atoms with Crippen molar-refractivity contribution >= 4 is 68.8 Å². The van der Waals surface area contributed by atoms with Crippen molar-refractivity contribution in [3.05, 3.63) is 128 Å². The maximum Gasteiger partial charge on any atom is 0.410 e. The molecule has 2 aromatic carbocycles. The first-order valence-electron chi connectivity index (χ1n) is 22.5. The van der Waals surface area contributed by atoms with Crippen LogP contribution in [0.2, 0.25) is 10.0 Å². The number of hydrogen-bond donors (Lipinski definition) is 1. The smallest absolute Gasteiger partial charge is 0.410 e. The number of halogens is 2. The number of aliphatic hydroxyl groups excluding tert-OH is 1. The van der Waals surface area contributed by atoms with E-state index in [0.29, 0.717) is 42.1 Å². The van der Waals surface area contributed by atoms with E-state index in [1.807, 2.05) is 114 Å². The highest BCUT2D eigenvalue weighted by Crippen LogP contribution is 2.46. The van der Waals surface area contributed by atoms with Crippen LogP contribution in [0.1, 0.15) is 124 Å². The number of piperidine rings is 2. The Bertz CT molecular complexity index is 2610. The zero-order valence-electron chi connectivity index (χ0n) is 38.7. The summed E-state index contributed by atoms with van der Waals surface area (Å²) in [5, 5.41) is 11.3. The normalized spacial score (nSPS) is 19.0. The Morgan fingerprint density at radius 2 is 1.09 bits per heavy atom. The molecule has 1 N–H and O–H groups in total. The number of likely N-dealkylation sites (tertiary alicyclic amines) is 2. The molecule has 8 rings (SSSR count). The molecular formula is C51H60Cl2N4O8S. The van der Waals surface area contributed by atoms with Crippen LogP contribution in [0.25, 0.3) is 23.3 Å². The van der Waals surface area contributed by atoms with Crippen LogP contribution in [0.3, 0.4) is 0 Å². The Balaban J connectivity index is 0.000000198. The lowest BCUT2D eigenvalue weighted by Crippen LogP contribution is -2.42. The highest BCUT2D eigenvalue weighted by atomic mass is 35.5. The van der Waals surface area contributed by atoms with E-state index in [1.54, 1.807) is 16.0 Å². The Hall–Kier alpha value is -4.79. The van der Waals surface area contributed by atoms with Gasteiger partial charge in [-0.3, -0.25) is 14.2 Å². The van der Waals surface area contributed by atoms with Gasteiger partial charge in [0.25, 0.3) is 10.1 Å². The quantitative estimate of drug-likeness (QED) is 0.185. The van der Waals surface area contributed by atoms with Gasteiger partial charge < -0.3 is 24.4 Å². The minimum absolute atomic E-state index is 0.0359. The summed E-state index contributed by atoms with van der Waals surface area (Å²) in [6.45, 7) is 13.6. The lowest BCUT2D eigenvalue weighted by molar-refractivity contribution is 0.0167. The third-order valence-electron chi connectivity index (χ3n) is 12.3. The molecule has 4 aliphatic rings. The molecule has 15 heteroatoms. The number of carbonyl (C=O) groups excluding carboxylic acids is 2. The summed E-state index contributed by atoms with van der Waals surface area (Å²) >= 11 is 12.7. The van der Waals surface area contributed by atoms with E-state index < -0.39 is 21.3 Å². The monoisotopic (exact) mass is 958 g/mol. The standard InChI is InChI=1S/C26H31ClN2O5S.C25H29ClN2O3/c1-26(2,3)34-25(30)29-12-9-17(10-13-29)23-21-8-7-20(27)15-18(21)14-19(16-33-35(4,31)32)22-6-5-11-28-24(22)23;1-25(2,3)31-24(30)28-11-8-16(9-12-28)22-20-7-6-19(26)14-17(20)13-18(15-29)21-5-4-10-27-23(21)22/h5-8,11,14-15,17,23H,9-10,12-13,16H2,1-4H3;4-7,10,13-14,16,22,29H,8-9,11-12,15H2,1-3H3. The number of ether oxygens (including phenoxy) is 2. The molecule has 4 aromatic rings. The molecule has 352 valence electrons. The van der Waals surface area contributed by atoms with Gasteiger partial charge in [-0.2, -0.15) is 8.42 Å². The summed E-state index contributed by atoms with van der Waals surface area (Å²) in [6, 6.07) is 19.5. The number of aromatic nitrogens is 2. The molecule has 2 saturated heterocycles. The third-order valence-corrected chi connectivity index (χ3v) is 13.3. The van der Waals surface area contributed by atoms with Gasteiger partial charge in [0.1, 0.15) is 11.2 Å². The van der Waals surface area contributed by atoms with Gasteiger partial charge in [0, 0.05) is 71.6 Å². The summed E-state index contributed by atoms with van der Waals surface area (Å²) < 4.78 is 39.7. The van der Waals surface area contributed by atoms with E-state index in [-0.39, 0.29) is 43.2 Å². The Morgan fingerprint density at radius 3 is 1.48 bits per heavy atom. The summed E-state index contributed by atoms with van der Waals surface area (Å²) in [4.78, 5) is 38.2. The van der Waals surface area contributed by atoms with Gasteiger partial charge in [0.05, 0.1) is 30.9 Å². The second kappa shape index (κ2) is 20.2. The van der Waals surface area contributed by atoms with Gasteiger partial charge in [0.15, 0.2) is 0 Å². The van der Waals surface area contributed by atoms with E-state index in [2.05, 4.69) is 6.07 Å². The van der Waals surface area contributed by atoms with Crippen LogP contribution in [0, 0.1) is 11.8 Å². The van der Waals surface area contributed by atoms with E-state index >= 15 is 0 Å². The predicted octanol–water partition coefficient (Wildman–Crippen LogP) is 10.7. The van der Waals surface area contributed by atoms with Crippen LogP contribution in [-0.4, -0.2) is 102 Å². The molecule has 66 heavy (non-hydrogen) atoms. The van der Waals surface area contributed by atoms with Gasteiger partial charge >= 0.3 is 12.2 Å². The van der Waals surface area contributed by atoms with E-state index in [0.717, 1.165) is 82.3 Å². The maximum absolute atomic E-state index is 12.6. The first-order chi connectivity index (χ1) is 31.2. The molecule has 0 spiro atoms. The van der Waals surface area contributed by atoms with Crippen LogP contribution < -0.4 is 0 Å². The molecule has 12 nitrogen and oxygen atoms in total. The highest BCUT2D eigenvalue weighted by molar-refractivity contribution is 7.86. The van der Waals surface area contributed by atoms with Gasteiger partial charge in [-0.1, -0.05) is 47.5 Å². The summed E-state index contributed by atoms with van der Waals surface area (Å²) in [7, 11) is -3.62. The van der Waals surface area contributed by atoms with Gasteiger partial charge in [0.2, 0.25) is 0 Å². The van der Waals surface area contributed by atoms with E-state index in [9.17, 15) is 23.1 Å². The number of nitrogens with zero attached hydrogens (tertiary/aromatic N) is 4. The number of aliphatic hydroxyl groups is 1. The lowest BCUT2D eigenvalue weighted by atomic mass is 9.76. The van der Waals surface area contributed by atoms with Crippen molar-refractivity contribution in [2.45, 2.75) is 90.3 Å². The SMILES string of the molecule is CC(C)(C)OC(=O)N1CCC(C2c3ccc(Cl)cc3C=C(CO)c3cccnc32)CC1.CC(C)(C)OC(=O)N1CCC(C2c3ccc(Cl)cc3C=C(COS(C)(=O)=O)c3cccnc32)CC1. The number of hydrogen-bond acceptors (Lipinski definition) is 10. The van der Waals surface area contributed by atoms with Crippen molar-refractivity contribution in [1.82, 2.24) is 19.8 Å². The molecule has 0 radical (unpaired) electrons. The van der Waals surface area contributed by atoms with Crippen LogP contribution >= 0.6 is 23.2 Å². The summed E-state index contributed by atoms with van der Waals surface area (Å²) in [6.07, 6.45) is 11.4. The fraction of sp³-hybridized carbons (Fsp3) is 0.451. The van der Waals surface area contributed by atoms with Crippen LogP contribution in [0.15, 0.2) is 73.1 Å². The zero-order chi connectivity index (χ0) is 47.6. The largest absolute Gasteiger partial charge is 0.444 e. The van der Waals surface area contributed by atoms with Crippen LogP contribution in [0.4, 0.5) is 9.59 Å². The Morgan fingerprint density at radius 1 is 0.682 bits per heavy atom. The van der Waals surface area contributed by atoms with Crippen molar-refractivity contribution < 1.29 is 36.8 Å². The topological polar surface area (TPSA) is 148 Å². The predicted molar refractivity (Wildman–Crippen MR) is 260 cm³/mol. The number of carbonyl (C=O) groups is 2. The fourth-order valence-corrected chi connectivity index (χ4v) is 10.2. The number of pyridine rings is 2. The van der Waals surface area contributed by atoms with E-state index in [4.69, 9.17) is 46.8 Å². The molecule has 2 aliphatic heterocycles. The van der Waals surface area contributed by atoms with Crippen molar-refractivity contribution in [3.8, 4) is 0 Å². The fourth-order valence-electron chi connectivity index (χ4n) is 9.47. The molecule has 2 fully saturated rings. The van der Waals surface area contributed by atoms with Crippen molar-refractivity contribution in [2.24, 2.45) is 11.8 Å². The maximum atomic E-state index is 12.6. The van der Waals surface area contributed by atoms with Gasteiger partial charge in [-0.25, -0.2) is 9.59 Å². The number of benzene rings is 2. The summed E-state index contributed by atoms with van der Waals surface area (Å²) in [5.41, 5.74) is 8.46. The molecule has 2 aliphatic carbocycles. The molecule has 2 amide bonds. The molecule has 2 unspecified atom stereocenters. The summed E-state index contributed by atoms with van der Waals surface area (Å²) in [5.74, 6) is 0.584. The molecule has 0 bridgehead atoms. The Labute approximate surface area is 399 Å². The zero-order valence-corrected chi connectivity index (χ0v) is 41.0. The van der Waals surface area contributed by atoms with Crippen LogP contribution in [0.5, 0.6) is 0 Å². The Kier molecular flexibility index (Phi) is 15.0. The first-order valence-corrected chi connectivity index (χ1v) is 25.1. The number of amides is 2. The lowest BCUT2D eigenvalue weighted by Gasteiger charge is -2.37. The van der Waals surface area contributed by atoms with Crippen molar-refractivity contribution in [2.75, 3.05) is 45.6 Å². The molecule has 2 aromatic heterocycles.